The van der Waals surface area contributed by atoms with Crippen molar-refractivity contribution in [3.8, 4) is 5.75 Å². The van der Waals surface area contributed by atoms with E-state index in [1.807, 2.05) is 6.07 Å². The standard InChI is InChI=1S/C24H33BrClN5O/c1-31(2)23-19-5-3-4-6-21(19)29-24(30-23)28-18-9-7-15(8-10-18)13-27-14-16-11-17(26)12-20(25)22(16)32/h11-12,15,18,27,32H,3-10,13-14H2,1-2H3,(H,28,29,30). The molecule has 3 N–H and O–H groups in total. The first-order valence-electron chi connectivity index (χ1n) is 11.6. The third kappa shape index (κ3) is 5.67. The van der Waals surface area contributed by atoms with Crippen LogP contribution in [0.3, 0.4) is 0 Å². The highest BCUT2D eigenvalue weighted by molar-refractivity contribution is 9.10. The number of aromatic nitrogens is 2. The number of nitrogens with one attached hydrogen (secondary N) is 2. The van der Waals surface area contributed by atoms with Crippen LogP contribution in [0, 0.1) is 5.92 Å². The van der Waals surface area contributed by atoms with Gasteiger partial charge in [0.05, 0.1) is 10.2 Å². The lowest BCUT2D eigenvalue weighted by Crippen LogP contribution is -2.32. The van der Waals surface area contributed by atoms with Crippen LogP contribution in [-0.4, -0.2) is 41.8 Å². The van der Waals surface area contributed by atoms with Crippen molar-refractivity contribution < 1.29 is 5.11 Å². The number of fused-ring (bicyclic) bond motifs is 1. The average Bonchev–Trinajstić information content (AvgIpc) is 2.77. The fourth-order valence-electron chi connectivity index (χ4n) is 4.87. The number of nitrogens with zero attached hydrogens (tertiary/aromatic N) is 3. The maximum Gasteiger partial charge on any atom is 0.225 e. The molecule has 1 aromatic heterocycles. The molecule has 1 fully saturated rings. The van der Waals surface area contributed by atoms with Gasteiger partial charge in [-0.15, -0.1) is 0 Å². The third-order valence-electron chi connectivity index (χ3n) is 6.62. The van der Waals surface area contributed by atoms with Gasteiger partial charge in [-0.3, -0.25) is 0 Å². The molecule has 4 rings (SSSR count). The van der Waals surface area contributed by atoms with E-state index in [1.165, 1.54) is 36.9 Å². The molecule has 0 radical (unpaired) electrons. The molecule has 6 nitrogen and oxygen atoms in total. The van der Waals surface area contributed by atoms with Crippen molar-refractivity contribution >= 4 is 39.3 Å². The molecule has 0 atom stereocenters. The summed E-state index contributed by atoms with van der Waals surface area (Å²) >= 11 is 9.46. The fraction of sp³-hybridized carbons (Fsp3) is 0.583. The highest BCUT2D eigenvalue weighted by Crippen LogP contribution is 2.32. The Balaban J connectivity index is 1.28. The van der Waals surface area contributed by atoms with E-state index >= 15 is 0 Å². The number of aryl methyl sites for hydroxylation is 1. The summed E-state index contributed by atoms with van der Waals surface area (Å²) in [5.74, 6) is 2.76. The molecule has 0 saturated heterocycles. The molecule has 2 aromatic rings. The lowest BCUT2D eigenvalue weighted by molar-refractivity contribution is 0.323. The van der Waals surface area contributed by atoms with E-state index in [-0.39, 0.29) is 5.75 Å². The zero-order chi connectivity index (χ0) is 22.7. The highest BCUT2D eigenvalue weighted by Gasteiger charge is 2.24. The first kappa shape index (κ1) is 23.6. The number of hydrogen-bond donors (Lipinski definition) is 3. The van der Waals surface area contributed by atoms with Gasteiger partial charge in [0.1, 0.15) is 11.6 Å². The number of halogens is 2. The predicted molar refractivity (Wildman–Crippen MR) is 135 cm³/mol. The number of hydrogen-bond acceptors (Lipinski definition) is 6. The summed E-state index contributed by atoms with van der Waals surface area (Å²) < 4.78 is 0.634. The van der Waals surface area contributed by atoms with Crippen LogP contribution in [-0.2, 0) is 19.4 Å². The molecule has 1 heterocycles. The normalized spacial score (nSPS) is 20.6. The third-order valence-corrected chi connectivity index (χ3v) is 7.44. The molecular formula is C24H33BrClN5O. The largest absolute Gasteiger partial charge is 0.506 e. The van der Waals surface area contributed by atoms with Crippen molar-refractivity contribution in [2.24, 2.45) is 5.92 Å². The molecular weight excluding hydrogens is 490 g/mol. The molecule has 8 heteroatoms. The van der Waals surface area contributed by atoms with Gasteiger partial charge in [-0.25, -0.2) is 4.98 Å². The zero-order valence-electron chi connectivity index (χ0n) is 18.9. The molecule has 2 aliphatic rings. The summed E-state index contributed by atoms with van der Waals surface area (Å²) in [5, 5.41) is 17.9. The first-order valence-corrected chi connectivity index (χ1v) is 12.8. The Morgan fingerprint density at radius 1 is 1.12 bits per heavy atom. The Kier molecular flexibility index (Phi) is 7.79. The molecule has 174 valence electrons. The number of phenols is 1. The summed E-state index contributed by atoms with van der Waals surface area (Å²) in [4.78, 5) is 11.9. The van der Waals surface area contributed by atoms with E-state index in [9.17, 15) is 5.11 Å². The van der Waals surface area contributed by atoms with Gasteiger partial charge in [0.15, 0.2) is 0 Å². The topological polar surface area (TPSA) is 73.3 Å². The maximum absolute atomic E-state index is 10.2. The zero-order valence-corrected chi connectivity index (χ0v) is 21.3. The minimum absolute atomic E-state index is 0.261. The molecule has 0 unspecified atom stereocenters. The summed E-state index contributed by atoms with van der Waals surface area (Å²) in [6.07, 6.45) is 9.18. The van der Waals surface area contributed by atoms with Crippen molar-refractivity contribution in [1.82, 2.24) is 15.3 Å². The average molecular weight is 523 g/mol. The second kappa shape index (κ2) is 10.6. The fourth-order valence-corrected chi connectivity index (χ4v) is 5.74. The molecule has 32 heavy (non-hydrogen) atoms. The molecule has 1 aromatic carbocycles. The van der Waals surface area contributed by atoms with Crippen molar-refractivity contribution in [2.75, 3.05) is 30.9 Å². The van der Waals surface area contributed by atoms with E-state index in [0.29, 0.717) is 28.0 Å². The number of anilines is 2. The Morgan fingerprint density at radius 3 is 2.62 bits per heavy atom. The van der Waals surface area contributed by atoms with Gasteiger partial charge in [0.25, 0.3) is 0 Å². The smallest absolute Gasteiger partial charge is 0.225 e. The van der Waals surface area contributed by atoms with E-state index < -0.39 is 0 Å². The Labute approximate surface area is 204 Å². The van der Waals surface area contributed by atoms with Gasteiger partial charge in [-0.2, -0.15) is 4.98 Å². The van der Waals surface area contributed by atoms with E-state index in [1.54, 1.807) is 6.07 Å². The van der Waals surface area contributed by atoms with Crippen molar-refractivity contribution in [2.45, 2.75) is 64.0 Å². The summed E-state index contributed by atoms with van der Waals surface area (Å²) in [5.41, 5.74) is 3.38. The highest BCUT2D eigenvalue weighted by atomic mass is 79.9. The number of rotatable bonds is 7. The van der Waals surface area contributed by atoms with Crippen molar-refractivity contribution in [1.29, 1.82) is 0 Å². The van der Waals surface area contributed by atoms with Gasteiger partial charge in [0.2, 0.25) is 5.95 Å². The van der Waals surface area contributed by atoms with Gasteiger partial charge in [-0.1, -0.05) is 11.6 Å². The predicted octanol–water partition coefficient (Wildman–Crippen LogP) is 5.30. The first-order chi connectivity index (χ1) is 15.4. The Hall–Kier alpha value is -1.57. The van der Waals surface area contributed by atoms with Gasteiger partial charge < -0.3 is 20.6 Å². The van der Waals surface area contributed by atoms with Gasteiger partial charge in [0, 0.05) is 42.8 Å². The monoisotopic (exact) mass is 521 g/mol. The second-order valence-electron chi connectivity index (χ2n) is 9.29. The molecule has 2 aliphatic carbocycles. The minimum atomic E-state index is 0.261. The lowest BCUT2D eigenvalue weighted by Gasteiger charge is -2.30. The van der Waals surface area contributed by atoms with Crippen molar-refractivity contribution in [3.63, 3.8) is 0 Å². The van der Waals surface area contributed by atoms with Gasteiger partial charge >= 0.3 is 0 Å². The van der Waals surface area contributed by atoms with Crippen LogP contribution in [0.15, 0.2) is 16.6 Å². The molecule has 0 bridgehead atoms. The lowest BCUT2D eigenvalue weighted by atomic mass is 9.86. The maximum atomic E-state index is 10.2. The van der Waals surface area contributed by atoms with Crippen LogP contribution in [0.4, 0.5) is 11.8 Å². The van der Waals surface area contributed by atoms with Crippen LogP contribution < -0.4 is 15.5 Å². The van der Waals surface area contributed by atoms with E-state index in [2.05, 4.69) is 45.6 Å². The Bertz CT molecular complexity index is 946. The number of benzene rings is 1. The SMILES string of the molecule is CN(C)c1nc(NC2CCC(CNCc3cc(Cl)cc(Br)c3O)CC2)nc2c1CCCC2. The minimum Gasteiger partial charge on any atom is -0.506 e. The Morgan fingerprint density at radius 2 is 1.88 bits per heavy atom. The van der Waals surface area contributed by atoms with Crippen LogP contribution >= 0.6 is 27.5 Å². The van der Waals surface area contributed by atoms with E-state index in [0.717, 1.165) is 49.6 Å². The van der Waals surface area contributed by atoms with Crippen LogP contribution in [0.5, 0.6) is 5.75 Å². The second-order valence-corrected chi connectivity index (χ2v) is 10.6. The summed E-state index contributed by atoms with van der Waals surface area (Å²) in [6.45, 7) is 1.55. The molecule has 1 saturated carbocycles. The van der Waals surface area contributed by atoms with Crippen LogP contribution in [0.25, 0.3) is 0 Å². The quantitative estimate of drug-likeness (QED) is 0.458. The summed E-state index contributed by atoms with van der Waals surface area (Å²) in [7, 11) is 4.14. The van der Waals surface area contributed by atoms with E-state index in [4.69, 9.17) is 21.6 Å². The van der Waals surface area contributed by atoms with Crippen LogP contribution in [0.1, 0.15) is 55.3 Å². The summed E-state index contributed by atoms with van der Waals surface area (Å²) in [6, 6.07) is 3.95. The molecule has 0 aliphatic heterocycles. The van der Waals surface area contributed by atoms with Crippen molar-refractivity contribution in [3.05, 3.63) is 38.4 Å². The molecule has 0 spiro atoms. The van der Waals surface area contributed by atoms with Crippen LogP contribution in [0.2, 0.25) is 5.02 Å². The van der Waals surface area contributed by atoms with Gasteiger partial charge in [-0.05, 0) is 91.9 Å². The molecule has 0 amide bonds. The number of aromatic hydroxyl groups is 1. The number of phenolic OH excluding ortho intramolecular Hbond substituents is 1.